The van der Waals surface area contributed by atoms with E-state index in [0.29, 0.717) is 16.8 Å². The Labute approximate surface area is 95.1 Å². The van der Waals surface area contributed by atoms with Crippen LogP contribution in [0, 0.1) is 0 Å². The van der Waals surface area contributed by atoms with Gasteiger partial charge in [-0.15, -0.1) is 0 Å². The molecule has 1 unspecified atom stereocenters. The summed E-state index contributed by atoms with van der Waals surface area (Å²) in [4.78, 5) is 0. The molecule has 0 fully saturated rings. The van der Waals surface area contributed by atoms with Crippen molar-refractivity contribution >= 4 is 23.0 Å². The molecule has 0 bridgehead atoms. The summed E-state index contributed by atoms with van der Waals surface area (Å²) in [5.74, 6) is 0. The van der Waals surface area contributed by atoms with Crippen LogP contribution in [0.5, 0.6) is 0 Å². The number of benzene rings is 1. The van der Waals surface area contributed by atoms with Crippen LogP contribution in [0.4, 0.5) is 11.4 Å². The van der Waals surface area contributed by atoms with E-state index in [1.807, 2.05) is 12.1 Å². The molecule has 3 heteroatoms. The Morgan fingerprint density at radius 3 is 2.87 bits per heavy atom. The topological polar surface area (TPSA) is 38.0 Å². The van der Waals surface area contributed by atoms with Crippen molar-refractivity contribution in [2.24, 2.45) is 0 Å². The van der Waals surface area contributed by atoms with E-state index in [-0.39, 0.29) is 0 Å². The highest BCUT2D eigenvalue weighted by Gasteiger charge is 2.10. The molecule has 0 radical (unpaired) electrons. The van der Waals surface area contributed by atoms with Gasteiger partial charge in [-0.3, -0.25) is 0 Å². The van der Waals surface area contributed by atoms with Crippen LogP contribution in [0.3, 0.4) is 0 Å². The van der Waals surface area contributed by atoms with Crippen molar-refractivity contribution in [1.29, 1.82) is 0 Å². The summed E-state index contributed by atoms with van der Waals surface area (Å²) in [5, 5.41) is 4.14. The van der Waals surface area contributed by atoms with E-state index >= 15 is 0 Å². The van der Waals surface area contributed by atoms with Crippen molar-refractivity contribution in [3.8, 4) is 0 Å². The lowest BCUT2D eigenvalue weighted by atomic mass is 10.0. The standard InChI is InChI=1S/C12H15ClN2/c13-11-8-9(14)6-7-12(11)15-10-4-2-1-3-5-10/h1-2,6-8,10,15H,3-5,14H2. The Hall–Kier alpha value is -1.15. The number of hydrogen-bond acceptors (Lipinski definition) is 2. The number of allylic oxidation sites excluding steroid dienone is 1. The van der Waals surface area contributed by atoms with Crippen molar-refractivity contribution in [2.45, 2.75) is 25.3 Å². The Kier molecular flexibility index (Phi) is 3.17. The van der Waals surface area contributed by atoms with Crippen LogP contribution >= 0.6 is 11.6 Å². The van der Waals surface area contributed by atoms with Gasteiger partial charge in [0.1, 0.15) is 0 Å². The highest BCUT2D eigenvalue weighted by Crippen LogP contribution is 2.26. The summed E-state index contributed by atoms with van der Waals surface area (Å²) >= 11 is 6.09. The number of nitrogens with one attached hydrogen (secondary N) is 1. The minimum Gasteiger partial charge on any atom is -0.399 e. The van der Waals surface area contributed by atoms with Crippen LogP contribution in [0.25, 0.3) is 0 Å². The summed E-state index contributed by atoms with van der Waals surface area (Å²) in [6.07, 6.45) is 7.82. The van der Waals surface area contributed by atoms with Crippen LogP contribution in [0.15, 0.2) is 30.4 Å². The fraction of sp³-hybridized carbons (Fsp3) is 0.333. The van der Waals surface area contributed by atoms with Gasteiger partial charge in [-0.1, -0.05) is 23.8 Å². The maximum Gasteiger partial charge on any atom is 0.0658 e. The van der Waals surface area contributed by atoms with Gasteiger partial charge in [-0.25, -0.2) is 0 Å². The average molecular weight is 223 g/mol. The molecule has 0 spiro atoms. The first-order valence-corrected chi connectivity index (χ1v) is 5.60. The van der Waals surface area contributed by atoms with E-state index in [1.54, 1.807) is 6.07 Å². The van der Waals surface area contributed by atoms with E-state index in [0.717, 1.165) is 24.9 Å². The molecule has 80 valence electrons. The van der Waals surface area contributed by atoms with Crippen molar-refractivity contribution < 1.29 is 0 Å². The van der Waals surface area contributed by atoms with Crippen LogP contribution in [-0.2, 0) is 0 Å². The molecule has 2 rings (SSSR count). The predicted molar refractivity (Wildman–Crippen MR) is 66.3 cm³/mol. The lowest BCUT2D eigenvalue weighted by molar-refractivity contribution is 0.645. The first-order valence-electron chi connectivity index (χ1n) is 5.22. The number of rotatable bonds is 2. The lowest BCUT2D eigenvalue weighted by Crippen LogP contribution is -2.20. The molecule has 0 heterocycles. The monoisotopic (exact) mass is 222 g/mol. The Morgan fingerprint density at radius 2 is 2.20 bits per heavy atom. The number of hydrogen-bond donors (Lipinski definition) is 2. The van der Waals surface area contributed by atoms with Gasteiger partial charge >= 0.3 is 0 Å². The van der Waals surface area contributed by atoms with E-state index in [1.165, 1.54) is 0 Å². The molecule has 0 saturated carbocycles. The van der Waals surface area contributed by atoms with Gasteiger partial charge in [-0.2, -0.15) is 0 Å². The molecular formula is C12H15ClN2. The Bertz CT molecular complexity index is 374. The molecule has 1 aromatic carbocycles. The highest BCUT2D eigenvalue weighted by atomic mass is 35.5. The van der Waals surface area contributed by atoms with Gasteiger partial charge in [-0.05, 0) is 37.5 Å². The summed E-state index contributed by atoms with van der Waals surface area (Å²) in [5.41, 5.74) is 7.32. The number of halogens is 1. The van der Waals surface area contributed by atoms with Gasteiger partial charge in [0.2, 0.25) is 0 Å². The summed E-state index contributed by atoms with van der Waals surface area (Å²) < 4.78 is 0. The molecular weight excluding hydrogens is 208 g/mol. The number of nitrogens with two attached hydrogens (primary N) is 1. The minimum absolute atomic E-state index is 0.496. The van der Waals surface area contributed by atoms with Gasteiger partial charge < -0.3 is 11.1 Å². The average Bonchev–Trinajstić information content (AvgIpc) is 2.24. The van der Waals surface area contributed by atoms with Crippen molar-refractivity contribution in [3.05, 3.63) is 35.4 Å². The SMILES string of the molecule is Nc1ccc(NC2CC=CCC2)c(Cl)c1. The molecule has 0 aliphatic heterocycles. The van der Waals surface area contributed by atoms with Crippen molar-refractivity contribution in [3.63, 3.8) is 0 Å². The largest absolute Gasteiger partial charge is 0.399 e. The molecule has 1 atom stereocenters. The van der Waals surface area contributed by atoms with Crippen LogP contribution in [0.2, 0.25) is 5.02 Å². The Balaban J connectivity index is 2.06. The van der Waals surface area contributed by atoms with Gasteiger partial charge in [0.25, 0.3) is 0 Å². The molecule has 3 N–H and O–H groups in total. The first-order chi connectivity index (χ1) is 7.25. The van der Waals surface area contributed by atoms with Crippen LogP contribution < -0.4 is 11.1 Å². The fourth-order valence-electron chi connectivity index (χ4n) is 1.79. The zero-order chi connectivity index (χ0) is 10.7. The van der Waals surface area contributed by atoms with Crippen molar-refractivity contribution in [1.82, 2.24) is 0 Å². The fourth-order valence-corrected chi connectivity index (χ4v) is 2.04. The number of anilines is 2. The van der Waals surface area contributed by atoms with E-state index in [9.17, 15) is 0 Å². The van der Waals surface area contributed by atoms with Crippen LogP contribution in [0.1, 0.15) is 19.3 Å². The quantitative estimate of drug-likeness (QED) is 0.594. The lowest BCUT2D eigenvalue weighted by Gasteiger charge is -2.21. The third kappa shape index (κ3) is 2.66. The van der Waals surface area contributed by atoms with Crippen LogP contribution in [-0.4, -0.2) is 6.04 Å². The molecule has 0 amide bonds. The van der Waals surface area contributed by atoms with E-state index < -0.39 is 0 Å². The molecule has 1 aromatic rings. The second-order valence-corrected chi connectivity index (χ2v) is 4.27. The highest BCUT2D eigenvalue weighted by molar-refractivity contribution is 6.33. The molecule has 15 heavy (non-hydrogen) atoms. The third-order valence-electron chi connectivity index (χ3n) is 2.62. The zero-order valence-corrected chi connectivity index (χ0v) is 9.30. The van der Waals surface area contributed by atoms with Crippen molar-refractivity contribution in [2.75, 3.05) is 11.1 Å². The third-order valence-corrected chi connectivity index (χ3v) is 2.93. The van der Waals surface area contributed by atoms with E-state index in [2.05, 4.69) is 17.5 Å². The Morgan fingerprint density at radius 1 is 1.33 bits per heavy atom. The second-order valence-electron chi connectivity index (χ2n) is 3.87. The molecule has 1 aliphatic carbocycles. The van der Waals surface area contributed by atoms with E-state index in [4.69, 9.17) is 17.3 Å². The summed E-state index contributed by atoms with van der Waals surface area (Å²) in [6, 6.07) is 6.09. The minimum atomic E-state index is 0.496. The smallest absolute Gasteiger partial charge is 0.0658 e. The molecule has 1 aliphatic rings. The van der Waals surface area contributed by atoms with Gasteiger partial charge in [0.05, 0.1) is 10.7 Å². The maximum atomic E-state index is 6.09. The zero-order valence-electron chi connectivity index (χ0n) is 8.54. The normalized spacial score (nSPS) is 20.2. The second kappa shape index (κ2) is 4.58. The predicted octanol–water partition coefficient (Wildman–Crippen LogP) is 3.44. The van der Waals surface area contributed by atoms with Gasteiger partial charge in [0, 0.05) is 11.7 Å². The number of nitrogen functional groups attached to an aromatic ring is 1. The summed E-state index contributed by atoms with van der Waals surface area (Å²) in [6.45, 7) is 0. The summed E-state index contributed by atoms with van der Waals surface area (Å²) in [7, 11) is 0. The first kappa shape index (κ1) is 10.4. The molecule has 2 nitrogen and oxygen atoms in total. The van der Waals surface area contributed by atoms with Gasteiger partial charge in [0.15, 0.2) is 0 Å². The maximum absolute atomic E-state index is 6.09. The molecule has 0 saturated heterocycles. The molecule has 0 aromatic heterocycles.